The van der Waals surface area contributed by atoms with Gasteiger partial charge in [0.25, 0.3) is 0 Å². The van der Waals surface area contributed by atoms with Crippen LogP contribution in [0.25, 0.3) is 0 Å². The van der Waals surface area contributed by atoms with Gasteiger partial charge in [-0.1, -0.05) is 18.2 Å². The summed E-state index contributed by atoms with van der Waals surface area (Å²) in [7, 11) is 0. The highest BCUT2D eigenvalue weighted by Gasteiger charge is 2.42. The molecule has 2 unspecified atom stereocenters. The molecule has 3 nitrogen and oxygen atoms in total. The molecule has 1 aromatic heterocycles. The van der Waals surface area contributed by atoms with Gasteiger partial charge in [-0.2, -0.15) is 5.26 Å². The van der Waals surface area contributed by atoms with E-state index in [4.69, 9.17) is 0 Å². The monoisotopic (exact) mass is 309 g/mol. The molecule has 0 radical (unpaired) electrons. The van der Waals surface area contributed by atoms with Crippen LogP contribution in [0, 0.1) is 24.2 Å². The van der Waals surface area contributed by atoms with Gasteiger partial charge in [-0.15, -0.1) is 11.3 Å². The first-order valence-corrected chi connectivity index (χ1v) is 9.16. The lowest BCUT2D eigenvalue weighted by Crippen LogP contribution is -2.50. The number of aryl methyl sites for hydroxylation is 1. The van der Waals surface area contributed by atoms with Gasteiger partial charge in [0.2, 0.25) is 0 Å². The van der Waals surface area contributed by atoms with Gasteiger partial charge in [-0.3, -0.25) is 5.32 Å². The minimum Gasteiger partial charge on any atom is -0.297 e. The minimum absolute atomic E-state index is 0.298. The van der Waals surface area contributed by atoms with Crippen molar-refractivity contribution in [1.82, 2.24) is 10.3 Å². The molecular formula is C15H23N3S2. The Morgan fingerprint density at radius 2 is 2.45 bits per heavy atom. The van der Waals surface area contributed by atoms with Crippen LogP contribution < -0.4 is 5.32 Å². The third-order valence-corrected chi connectivity index (χ3v) is 6.03. The summed E-state index contributed by atoms with van der Waals surface area (Å²) >= 11 is 3.55. The summed E-state index contributed by atoms with van der Waals surface area (Å²) in [5, 5.41) is 15.2. The number of nitrogens with zero attached hydrogens (tertiary/aromatic N) is 2. The molecule has 0 aliphatic heterocycles. The fourth-order valence-electron chi connectivity index (χ4n) is 3.04. The second-order valence-corrected chi connectivity index (χ2v) is 8.06. The third kappa shape index (κ3) is 3.75. The van der Waals surface area contributed by atoms with Crippen LogP contribution in [0.4, 0.5) is 0 Å². The summed E-state index contributed by atoms with van der Waals surface area (Å²) in [5.41, 5.74) is 0.805. The first-order valence-electron chi connectivity index (χ1n) is 7.29. The van der Waals surface area contributed by atoms with Gasteiger partial charge in [-0.05, 0) is 46.0 Å². The molecule has 0 spiro atoms. The summed E-state index contributed by atoms with van der Waals surface area (Å²) in [4.78, 5) is 4.48. The molecule has 1 heterocycles. The van der Waals surface area contributed by atoms with Crippen LogP contribution in [0.3, 0.4) is 0 Å². The zero-order valence-corrected chi connectivity index (χ0v) is 14.1. The molecule has 1 N–H and O–H groups in total. The van der Waals surface area contributed by atoms with Gasteiger partial charge in [-0.25, -0.2) is 4.98 Å². The van der Waals surface area contributed by atoms with Crippen molar-refractivity contribution in [2.24, 2.45) is 5.92 Å². The van der Waals surface area contributed by atoms with Crippen molar-refractivity contribution in [2.45, 2.75) is 62.4 Å². The quantitative estimate of drug-likeness (QED) is 0.807. The zero-order chi connectivity index (χ0) is 14.6. The second-order valence-electron chi connectivity index (χ2n) is 5.86. The third-order valence-electron chi connectivity index (χ3n) is 3.86. The maximum absolute atomic E-state index is 9.63. The number of thiazole rings is 1. The normalized spacial score (nSPS) is 26.1. The maximum atomic E-state index is 9.63. The fourth-order valence-corrected chi connectivity index (χ4v) is 5.01. The van der Waals surface area contributed by atoms with E-state index in [1.54, 1.807) is 11.3 Å². The van der Waals surface area contributed by atoms with Crippen LogP contribution in [0.15, 0.2) is 9.72 Å². The molecule has 1 aliphatic rings. The number of nitrogens with one attached hydrogen (secondary N) is 1. The number of hydrogen-bond acceptors (Lipinski definition) is 5. The highest BCUT2D eigenvalue weighted by atomic mass is 32.2. The zero-order valence-electron chi connectivity index (χ0n) is 12.5. The molecule has 2 rings (SSSR count). The Kier molecular flexibility index (Phi) is 5.48. The van der Waals surface area contributed by atoms with Gasteiger partial charge in [0.05, 0.1) is 6.07 Å². The average molecular weight is 310 g/mol. The number of hydrogen-bond donors (Lipinski definition) is 1. The van der Waals surface area contributed by atoms with Crippen LogP contribution in [-0.4, -0.2) is 22.3 Å². The Balaban J connectivity index is 1.89. The van der Waals surface area contributed by atoms with Crippen LogP contribution in [0.1, 0.15) is 45.2 Å². The van der Waals surface area contributed by atoms with E-state index in [0.29, 0.717) is 12.0 Å². The topological polar surface area (TPSA) is 48.7 Å². The Hall–Kier alpha value is -0.570. The summed E-state index contributed by atoms with van der Waals surface area (Å²) in [6.45, 7) is 6.29. The molecular weight excluding hydrogens is 286 g/mol. The molecule has 1 aromatic rings. The summed E-state index contributed by atoms with van der Waals surface area (Å²) in [6, 6.07) is 2.94. The first kappa shape index (κ1) is 15.8. The number of nitriles is 1. The van der Waals surface area contributed by atoms with E-state index < -0.39 is 0 Å². The lowest BCUT2D eigenvalue weighted by molar-refractivity contribution is 0.289. The van der Waals surface area contributed by atoms with Crippen molar-refractivity contribution in [1.29, 1.82) is 5.26 Å². The molecule has 1 saturated carbocycles. The molecule has 0 saturated heterocycles. The smallest absolute Gasteiger partial charge is 0.150 e. The molecule has 0 bridgehead atoms. The van der Waals surface area contributed by atoms with Gasteiger partial charge in [0.15, 0.2) is 0 Å². The largest absolute Gasteiger partial charge is 0.297 e. The molecule has 0 aromatic carbocycles. The van der Waals surface area contributed by atoms with Crippen molar-refractivity contribution < 1.29 is 0 Å². The van der Waals surface area contributed by atoms with E-state index in [1.807, 2.05) is 18.7 Å². The predicted octanol–water partition coefficient (Wildman–Crippen LogP) is 3.99. The fraction of sp³-hybridized carbons (Fsp3) is 0.733. The summed E-state index contributed by atoms with van der Waals surface area (Å²) in [6.07, 6.45) is 4.42. The lowest BCUT2D eigenvalue weighted by Gasteiger charge is -2.32. The van der Waals surface area contributed by atoms with Gasteiger partial charge < -0.3 is 0 Å². The van der Waals surface area contributed by atoms with Gasteiger partial charge >= 0.3 is 0 Å². The molecule has 0 amide bonds. The molecule has 1 fully saturated rings. The number of thioether (sulfide) groups is 1. The van der Waals surface area contributed by atoms with Crippen LogP contribution >= 0.6 is 23.1 Å². The predicted molar refractivity (Wildman–Crippen MR) is 86.1 cm³/mol. The average Bonchev–Trinajstić information content (AvgIpc) is 2.97. The summed E-state index contributed by atoms with van der Waals surface area (Å²) in [5.74, 6) is 1.53. The van der Waals surface area contributed by atoms with Crippen molar-refractivity contribution in [3.05, 3.63) is 11.1 Å². The van der Waals surface area contributed by atoms with Gasteiger partial charge in [0, 0.05) is 22.9 Å². The summed E-state index contributed by atoms with van der Waals surface area (Å²) < 4.78 is 1.15. The Labute approximate surface area is 130 Å². The Bertz CT molecular complexity index is 478. The van der Waals surface area contributed by atoms with Crippen LogP contribution in [0.2, 0.25) is 0 Å². The van der Waals surface area contributed by atoms with E-state index in [2.05, 4.69) is 35.6 Å². The van der Waals surface area contributed by atoms with E-state index in [-0.39, 0.29) is 5.54 Å². The van der Waals surface area contributed by atoms with Gasteiger partial charge in [0.1, 0.15) is 9.88 Å². The lowest BCUT2D eigenvalue weighted by atomic mass is 9.86. The van der Waals surface area contributed by atoms with E-state index in [9.17, 15) is 5.26 Å². The first-order chi connectivity index (χ1) is 9.55. The SMILES string of the molecule is Cc1csc(SCCC2CCCC2(C#N)NC(C)C)n1. The Morgan fingerprint density at radius 1 is 1.65 bits per heavy atom. The van der Waals surface area contributed by atoms with E-state index in [0.717, 1.165) is 28.6 Å². The molecule has 1 aliphatic carbocycles. The van der Waals surface area contributed by atoms with Crippen LogP contribution in [-0.2, 0) is 0 Å². The number of aromatic nitrogens is 1. The minimum atomic E-state index is -0.298. The van der Waals surface area contributed by atoms with Crippen molar-refractivity contribution in [3.63, 3.8) is 0 Å². The Morgan fingerprint density at radius 3 is 3.05 bits per heavy atom. The number of rotatable bonds is 6. The molecule has 20 heavy (non-hydrogen) atoms. The highest BCUT2D eigenvalue weighted by Crippen LogP contribution is 2.39. The maximum Gasteiger partial charge on any atom is 0.150 e. The van der Waals surface area contributed by atoms with Crippen molar-refractivity contribution in [3.8, 4) is 6.07 Å². The van der Waals surface area contributed by atoms with E-state index in [1.165, 1.54) is 12.8 Å². The molecule has 5 heteroatoms. The van der Waals surface area contributed by atoms with Crippen molar-refractivity contribution >= 4 is 23.1 Å². The standard InChI is InChI=1S/C15H23N3S2/c1-11(2)18-15(10-16)7-4-5-13(15)6-8-19-14-17-12(3)9-20-14/h9,11,13,18H,4-8H2,1-3H3. The van der Waals surface area contributed by atoms with Crippen molar-refractivity contribution in [2.75, 3.05) is 5.75 Å². The molecule has 110 valence electrons. The second kappa shape index (κ2) is 6.93. The highest BCUT2D eigenvalue weighted by molar-refractivity contribution is 8.00. The van der Waals surface area contributed by atoms with E-state index >= 15 is 0 Å². The van der Waals surface area contributed by atoms with Crippen LogP contribution in [0.5, 0.6) is 0 Å². The molecule has 2 atom stereocenters.